The minimum atomic E-state index is -0.296. The molecule has 158 valence electrons. The van der Waals surface area contributed by atoms with E-state index in [9.17, 15) is 4.79 Å². The molecule has 2 aromatic carbocycles. The van der Waals surface area contributed by atoms with Crippen LogP contribution < -0.4 is 5.32 Å². The molecule has 1 amide bonds. The highest BCUT2D eigenvalue weighted by molar-refractivity contribution is 8.00. The summed E-state index contributed by atoms with van der Waals surface area (Å²) in [5.74, 6) is 1.16. The van der Waals surface area contributed by atoms with Crippen LogP contribution in [0, 0.1) is 6.92 Å². The summed E-state index contributed by atoms with van der Waals surface area (Å²) in [4.78, 5) is 12.9. The zero-order chi connectivity index (χ0) is 21.7. The van der Waals surface area contributed by atoms with Crippen LogP contribution in [0.2, 0.25) is 0 Å². The first kappa shape index (κ1) is 22.1. The van der Waals surface area contributed by atoms with Crippen LogP contribution in [0.1, 0.15) is 51.2 Å². The Morgan fingerprint density at radius 2 is 1.87 bits per heavy atom. The zero-order valence-electron chi connectivity index (χ0n) is 18.3. The second-order valence-electron chi connectivity index (χ2n) is 7.82. The molecule has 0 saturated heterocycles. The standard InChI is InChI=1S/C24H30N4OS/c1-6-14-28-22(19-11-9-10-17(4)15-19)26-27-24(28)30-18(5)23(29)25-21-13-8-7-12-20(21)16(2)3/h7-13,15-16,18H,6,14H2,1-5H3,(H,25,29). The number of aromatic nitrogens is 3. The van der Waals surface area contributed by atoms with Crippen LogP contribution >= 0.6 is 11.8 Å². The largest absolute Gasteiger partial charge is 0.325 e. The first-order chi connectivity index (χ1) is 14.4. The number of hydrogen-bond donors (Lipinski definition) is 1. The number of aryl methyl sites for hydroxylation is 1. The van der Waals surface area contributed by atoms with Crippen LogP contribution in [-0.2, 0) is 11.3 Å². The molecule has 1 atom stereocenters. The van der Waals surface area contributed by atoms with Crippen LogP contribution in [0.3, 0.4) is 0 Å². The predicted octanol–water partition coefficient (Wildman–Crippen LogP) is 5.91. The first-order valence-corrected chi connectivity index (χ1v) is 11.3. The zero-order valence-corrected chi connectivity index (χ0v) is 19.2. The Bertz CT molecular complexity index is 1010. The van der Waals surface area contributed by atoms with Gasteiger partial charge in [-0.05, 0) is 43.9 Å². The Kier molecular flexibility index (Phi) is 7.32. The molecule has 0 saturated carbocycles. The second-order valence-corrected chi connectivity index (χ2v) is 9.13. The minimum absolute atomic E-state index is 0.0312. The van der Waals surface area contributed by atoms with Crippen molar-refractivity contribution in [1.82, 2.24) is 14.8 Å². The van der Waals surface area contributed by atoms with Gasteiger partial charge in [-0.2, -0.15) is 0 Å². The summed E-state index contributed by atoms with van der Waals surface area (Å²) in [6.07, 6.45) is 0.965. The van der Waals surface area contributed by atoms with E-state index in [1.807, 2.05) is 31.2 Å². The van der Waals surface area contributed by atoms with E-state index in [0.29, 0.717) is 5.92 Å². The van der Waals surface area contributed by atoms with E-state index in [2.05, 4.69) is 72.0 Å². The predicted molar refractivity (Wildman–Crippen MR) is 125 cm³/mol. The Morgan fingerprint density at radius 1 is 1.10 bits per heavy atom. The number of para-hydroxylation sites is 1. The summed E-state index contributed by atoms with van der Waals surface area (Å²) >= 11 is 1.45. The van der Waals surface area contributed by atoms with E-state index in [0.717, 1.165) is 40.8 Å². The van der Waals surface area contributed by atoms with Gasteiger partial charge in [-0.1, -0.05) is 74.5 Å². The average Bonchev–Trinajstić information content (AvgIpc) is 3.10. The molecular formula is C24H30N4OS. The maximum absolute atomic E-state index is 12.9. The Balaban J connectivity index is 1.79. The molecule has 3 aromatic rings. The highest BCUT2D eigenvalue weighted by Gasteiger charge is 2.21. The van der Waals surface area contributed by atoms with E-state index < -0.39 is 0 Å². The molecule has 0 aliphatic rings. The van der Waals surface area contributed by atoms with E-state index in [1.54, 1.807) is 0 Å². The number of amides is 1. The molecule has 1 aromatic heterocycles. The van der Waals surface area contributed by atoms with Gasteiger partial charge in [0.1, 0.15) is 0 Å². The fourth-order valence-corrected chi connectivity index (χ4v) is 4.23. The first-order valence-electron chi connectivity index (χ1n) is 10.5. The molecule has 5 nitrogen and oxygen atoms in total. The van der Waals surface area contributed by atoms with E-state index >= 15 is 0 Å². The number of nitrogens with zero attached hydrogens (tertiary/aromatic N) is 3. The number of rotatable bonds is 8. The molecule has 30 heavy (non-hydrogen) atoms. The van der Waals surface area contributed by atoms with Gasteiger partial charge in [0.2, 0.25) is 5.91 Å². The monoisotopic (exact) mass is 422 g/mol. The van der Waals surface area contributed by atoms with Crippen molar-refractivity contribution in [2.24, 2.45) is 0 Å². The van der Waals surface area contributed by atoms with Crippen molar-refractivity contribution in [2.45, 2.75) is 63.9 Å². The van der Waals surface area contributed by atoms with Gasteiger partial charge in [-0.3, -0.25) is 4.79 Å². The number of nitrogens with one attached hydrogen (secondary N) is 1. The molecule has 0 fully saturated rings. The third-order valence-corrected chi connectivity index (χ3v) is 6.01. The summed E-state index contributed by atoms with van der Waals surface area (Å²) in [6.45, 7) is 11.2. The smallest absolute Gasteiger partial charge is 0.237 e. The highest BCUT2D eigenvalue weighted by Crippen LogP contribution is 2.29. The third kappa shape index (κ3) is 5.11. The third-order valence-electron chi connectivity index (χ3n) is 4.93. The molecule has 0 radical (unpaired) electrons. The molecule has 0 aliphatic heterocycles. The van der Waals surface area contributed by atoms with Crippen LogP contribution in [0.5, 0.6) is 0 Å². The van der Waals surface area contributed by atoms with Crippen LogP contribution in [0.4, 0.5) is 5.69 Å². The number of hydrogen-bond acceptors (Lipinski definition) is 4. The topological polar surface area (TPSA) is 59.8 Å². The summed E-state index contributed by atoms with van der Waals surface area (Å²) in [5.41, 5.74) is 4.24. The Labute approximate surface area is 183 Å². The molecule has 0 aliphatic carbocycles. The fourth-order valence-electron chi connectivity index (χ4n) is 3.36. The quantitative estimate of drug-likeness (QED) is 0.459. The maximum atomic E-state index is 12.9. The lowest BCUT2D eigenvalue weighted by molar-refractivity contribution is -0.115. The molecular weight excluding hydrogens is 392 g/mol. The van der Waals surface area contributed by atoms with Gasteiger partial charge in [0.05, 0.1) is 5.25 Å². The normalized spacial score (nSPS) is 12.2. The van der Waals surface area contributed by atoms with Crippen LogP contribution in [-0.4, -0.2) is 25.9 Å². The van der Waals surface area contributed by atoms with Crippen molar-refractivity contribution in [3.63, 3.8) is 0 Å². The molecule has 6 heteroatoms. The van der Waals surface area contributed by atoms with Gasteiger partial charge in [-0.25, -0.2) is 0 Å². The Hall–Kier alpha value is -2.60. The van der Waals surface area contributed by atoms with Crippen molar-refractivity contribution < 1.29 is 4.79 Å². The summed E-state index contributed by atoms with van der Waals surface area (Å²) in [7, 11) is 0. The van der Waals surface area contributed by atoms with Gasteiger partial charge < -0.3 is 9.88 Å². The van der Waals surface area contributed by atoms with E-state index in [1.165, 1.54) is 17.3 Å². The number of anilines is 1. The van der Waals surface area contributed by atoms with Crippen molar-refractivity contribution in [2.75, 3.05) is 5.32 Å². The number of carbonyl (C=O) groups is 1. The lowest BCUT2D eigenvalue weighted by Gasteiger charge is -2.16. The number of thioether (sulfide) groups is 1. The highest BCUT2D eigenvalue weighted by atomic mass is 32.2. The van der Waals surface area contributed by atoms with Crippen molar-refractivity contribution >= 4 is 23.4 Å². The van der Waals surface area contributed by atoms with Crippen molar-refractivity contribution in [3.05, 3.63) is 59.7 Å². The Morgan fingerprint density at radius 3 is 2.57 bits per heavy atom. The van der Waals surface area contributed by atoms with Gasteiger partial charge in [0.25, 0.3) is 0 Å². The van der Waals surface area contributed by atoms with Crippen LogP contribution in [0.15, 0.2) is 53.7 Å². The van der Waals surface area contributed by atoms with Gasteiger partial charge in [0, 0.05) is 17.8 Å². The lowest BCUT2D eigenvalue weighted by atomic mass is 10.0. The second kappa shape index (κ2) is 9.94. The molecule has 1 heterocycles. The van der Waals surface area contributed by atoms with E-state index in [4.69, 9.17) is 0 Å². The van der Waals surface area contributed by atoms with Crippen molar-refractivity contribution in [1.29, 1.82) is 0 Å². The van der Waals surface area contributed by atoms with Gasteiger partial charge in [0.15, 0.2) is 11.0 Å². The SMILES string of the molecule is CCCn1c(SC(C)C(=O)Nc2ccccc2C(C)C)nnc1-c1cccc(C)c1. The van der Waals surface area contributed by atoms with Gasteiger partial charge >= 0.3 is 0 Å². The summed E-state index contributed by atoms with van der Waals surface area (Å²) < 4.78 is 2.12. The van der Waals surface area contributed by atoms with E-state index in [-0.39, 0.29) is 11.2 Å². The summed E-state index contributed by atoms with van der Waals surface area (Å²) in [5, 5.41) is 12.4. The molecule has 0 spiro atoms. The molecule has 0 bridgehead atoms. The molecule has 3 rings (SSSR count). The molecule has 1 N–H and O–H groups in total. The maximum Gasteiger partial charge on any atom is 0.237 e. The van der Waals surface area contributed by atoms with Crippen LogP contribution in [0.25, 0.3) is 11.4 Å². The summed E-state index contributed by atoms with van der Waals surface area (Å²) in [6, 6.07) is 16.2. The number of benzene rings is 2. The minimum Gasteiger partial charge on any atom is -0.325 e. The number of carbonyl (C=O) groups excluding carboxylic acids is 1. The molecule has 1 unspecified atom stereocenters. The van der Waals surface area contributed by atoms with Gasteiger partial charge in [-0.15, -0.1) is 10.2 Å². The average molecular weight is 423 g/mol. The van der Waals surface area contributed by atoms with Crippen molar-refractivity contribution in [3.8, 4) is 11.4 Å². The lowest BCUT2D eigenvalue weighted by Crippen LogP contribution is -2.23. The fraction of sp³-hybridized carbons (Fsp3) is 0.375.